The first-order valence-corrected chi connectivity index (χ1v) is 6.57. The maximum Gasteiger partial charge on any atom is 0.311 e. The molecule has 0 aromatic heterocycles. The molecule has 2 aromatic carbocycles. The largest absolute Gasteiger partial charge is 0.497 e. The van der Waals surface area contributed by atoms with Crippen LogP contribution in [0.3, 0.4) is 0 Å². The number of hydrogen-bond donors (Lipinski definition) is 1. The minimum Gasteiger partial charge on any atom is -0.497 e. The Balaban J connectivity index is 2.19. The van der Waals surface area contributed by atoms with Gasteiger partial charge in [-0.25, -0.2) is 0 Å². The Bertz CT molecular complexity index is 617. The van der Waals surface area contributed by atoms with Crippen LogP contribution in [0.25, 0.3) is 0 Å². The van der Waals surface area contributed by atoms with Crippen molar-refractivity contribution in [2.45, 2.75) is 12.3 Å². The molecule has 0 fully saturated rings. The summed E-state index contributed by atoms with van der Waals surface area (Å²) in [5.41, 5.74) is 1.12. The van der Waals surface area contributed by atoms with Crippen LogP contribution >= 0.6 is 0 Å². The molecular formula is C17H16O4. The fraction of sp³-hybridized carbons (Fsp3) is 0.176. The lowest BCUT2D eigenvalue weighted by Gasteiger charge is -2.12. The van der Waals surface area contributed by atoms with Crippen molar-refractivity contribution in [1.82, 2.24) is 0 Å². The highest BCUT2D eigenvalue weighted by Crippen LogP contribution is 2.24. The molecule has 0 bridgehead atoms. The lowest BCUT2D eigenvalue weighted by molar-refractivity contribution is -0.138. The average molecular weight is 284 g/mol. The molecule has 0 saturated heterocycles. The Morgan fingerprint density at radius 1 is 1.05 bits per heavy atom. The van der Waals surface area contributed by atoms with Crippen molar-refractivity contribution in [3.63, 3.8) is 0 Å². The topological polar surface area (TPSA) is 63.6 Å². The van der Waals surface area contributed by atoms with E-state index in [1.54, 1.807) is 55.6 Å². The number of carboxylic acid groups (broad SMARTS) is 1. The van der Waals surface area contributed by atoms with Crippen molar-refractivity contribution in [3.8, 4) is 5.75 Å². The van der Waals surface area contributed by atoms with Gasteiger partial charge in [0.05, 0.1) is 13.0 Å². The van der Waals surface area contributed by atoms with Gasteiger partial charge in [0.25, 0.3) is 0 Å². The van der Waals surface area contributed by atoms with Crippen LogP contribution in [0.5, 0.6) is 5.75 Å². The summed E-state index contributed by atoms with van der Waals surface area (Å²) in [4.78, 5) is 23.6. The third-order valence-corrected chi connectivity index (χ3v) is 3.30. The van der Waals surface area contributed by atoms with Gasteiger partial charge in [0.1, 0.15) is 5.75 Å². The molecule has 0 saturated carbocycles. The highest BCUT2D eigenvalue weighted by Gasteiger charge is 2.23. The molecule has 108 valence electrons. The zero-order chi connectivity index (χ0) is 15.2. The summed E-state index contributed by atoms with van der Waals surface area (Å²) in [5, 5.41) is 9.37. The Morgan fingerprint density at radius 3 is 2.19 bits per heavy atom. The summed E-state index contributed by atoms with van der Waals surface area (Å²) in [6, 6.07) is 15.5. The van der Waals surface area contributed by atoms with Crippen LogP contribution < -0.4 is 4.74 Å². The van der Waals surface area contributed by atoms with Crippen LogP contribution in [0, 0.1) is 0 Å². The monoisotopic (exact) mass is 284 g/mol. The quantitative estimate of drug-likeness (QED) is 0.828. The number of carbonyl (C=O) groups is 2. The highest BCUT2D eigenvalue weighted by molar-refractivity contribution is 5.99. The second-order valence-corrected chi connectivity index (χ2v) is 4.66. The van der Waals surface area contributed by atoms with Crippen LogP contribution in [0.2, 0.25) is 0 Å². The molecule has 21 heavy (non-hydrogen) atoms. The Hall–Kier alpha value is -2.62. The molecular weight excluding hydrogens is 268 g/mol. The number of Topliss-reactive ketones (excluding diaryl/α,β-unsaturated/α-hetero) is 1. The van der Waals surface area contributed by atoms with E-state index in [2.05, 4.69) is 0 Å². The van der Waals surface area contributed by atoms with E-state index in [4.69, 9.17) is 4.74 Å². The Kier molecular flexibility index (Phi) is 4.72. The molecule has 1 atom stereocenters. The minimum absolute atomic E-state index is 0.0638. The summed E-state index contributed by atoms with van der Waals surface area (Å²) in [7, 11) is 1.54. The molecule has 0 aliphatic rings. The van der Waals surface area contributed by atoms with Crippen LogP contribution in [-0.4, -0.2) is 24.0 Å². The fourth-order valence-electron chi connectivity index (χ4n) is 2.11. The maximum atomic E-state index is 12.2. The molecule has 2 rings (SSSR count). The van der Waals surface area contributed by atoms with E-state index >= 15 is 0 Å². The number of hydrogen-bond acceptors (Lipinski definition) is 3. The fourth-order valence-corrected chi connectivity index (χ4v) is 2.11. The van der Waals surface area contributed by atoms with E-state index in [0.717, 1.165) is 0 Å². The molecule has 0 spiro atoms. The Labute approximate surface area is 123 Å². The molecule has 0 aliphatic carbocycles. The first-order chi connectivity index (χ1) is 10.1. The number of methoxy groups -OCH3 is 1. The Morgan fingerprint density at radius 2 is 1.67 bits per heavy atom. The van der Waals surface area contributed by atoms with Gasteiger partial charge in [-0.2, -0.15) is 0 Å². The first-order valence-electron chi connectivity index (χ1n) is 6.57. The first kappa shape index (κ1) is 14.8. The predicted molar refractivity (Wildman–Crippen MR) is 78.8 cm³/mol. The van der Waals surface area contributed by atoms with E-state index < -0.39 is 11.9 Å². The number of aliphatic carboxylic acids is 1. The van der Waals surface area contributed by atoms with Crippen LogP contribution in [0.15, 0.2) is 54.6 Å². The SMILES string of the molecule is COc1ccc(C(CC(=O)c2ccccc2)C(=O)O)cc1. The lowest BCUT2D eigenvalue weighted by atomic mass is 9.91. The zero-order valence-electron chi connectivity index (χ0n) is 11.7. The predicted octanol–water partition coefficient (Wildman–Crippen LogP) is 3.14. The van der Waals surface area contributed by atoms with Gasteiger partial charge in [-0.1, -0.05) is 42.5 Å². The van der Waals surface area contributed by atoms with E-state index in [1.165, 1.54) is 0 Å². The smallest absolute Gasteiger partial charge is 0.311 e. The molecule has 2 aromatic rings. The highest BCUT2D eigenvalue weighted by atomic mass is 16.5. The second-order valence-electron chi connectivity index (χ2n) is 4.66. The van der Waals surface area contributed by atoms with Gasteiger partial charge in [-0.3, -0.25) is 9.59 Å². The zero-order valence-corrected chi connectivity index (χ0v) is 11.7. The van der Waals surface area contributed by atoms with Gasteiger partial charge in [0.15, 0.2) is 5.78 Å². The molecule has 0 radical (unpaired) electrons. The van der Waals surface area contributed by atoms with Gasteiger partial charge in [-0.15, -0.1) is 0 Å². The van der Waals surface area contributed by atoms with Gasteiger partial charge in [-0.05, 0) is 17.7 Å². The van der Waals surface area contributed by atoms with Crippen LogP contribution in [0.1, 0.15) is 28.3 Å². The number of ketones is 1. The van der Waals surface area contributed by atoms with Crippen molar-refractivity contribution in [1.29, 1.82) is 0 Å². The standard InChI is InChI=1S/C17H16O4/c1-21-14-9-7-12(8-10-14)15(17(19)20)11-16(18)13-5-3-2-4-6-13/h2-10,15H,11H2,1H3,(H,19,20). The summed E-state index contributed by atoms with van der Waals surface area (Å²) < 4.78 is 5.05. The summed E-state index contributed by atoms with van der Waals surface area (Å²) in [6.45, 7) is 0. The van der Waals surface area contributed by atoms with Gasteiger partial charge in [0, 0.05) is 12.0 Å². The summed E-state index contributed by atoms with van der Waals surface area (Å²) >= 11 is 0. The molecule has 0 aliphatic heterocycles. The molecule has 0 heterocycles. The van der Waals surface area contributed by atoms with Crippen molar-refractivity contribution >= 4 is 11.8 Å². The van der Waals surface area contributed by atoms with E-state index in [0.29, 0.717) is 16.9 Å². The van der Waals surface area contributed by atoms with E-state index in [-0.39, 0.29) is 12.2 Å². The average Bonchev–Trinajstić information content (AvgIpc) is 2.53. The summed E-state index contributed by atoms with van der Waals surface area (Å²) in [6.07, 6.45) is -0.0638. The number of carbonyl (C=O) groups excluding carboxylic acids is 1. The summed E-state index contributed by atoms with van der Waals surface area (Å²) in [5.74, 6) is -1.40. The number of carboxylic acids is 1. The van der Waals surface area contributed by atoms with E-state index in [9.17, 15) is 14.7 Å². The molecule has 0 amide bonds. The lowest BCUT2D eigenvalue weighted by Crippen LogP contribution is -2.16. The van der Waals surface area contributed by atoms with Crippen molar-refractivity contribution in [3.05, 3.63) is 65.7 Å². The van der Waals surface area contributed by atoms with Crippen molar-refractivity contribution in [2.24, 2.45) is 0 Å². The maximum absolute atomic E-state index is 12.2. The van der Waals surface area contributed by atoms with E-state index in [1.807, 2.05) is 6.07 Å². The van der Waals surface area contributed by atoms with Gasteiger partial charge in [0.2, 0.25) is 0 Å². The molecule has 1 N–H and O–H groups in total. The number of benzene rings is 2. The molecule has 1 unspecified atom stereocenters. The minimum atomic E-state index is -1.01. The number of ether oxygens (including phenoxy) is 1. The van der Waals surface area contributed by atoms with Crippen LogP contribution in [0.4, 0.5) is 0 Å². The van der Waals surface area contributed by atoms with Crippen molar-refractivity contribution < 1.29 is 19.4 Å². The number of rotatable bonds is 6. The van der Waals surface area contributed by atoms with Gasteiger partial charge < -0.3 is 9.84 Å². The normalized spacial score (nSPS) is 11.7. The molecule has 4 heteroatoms. The third kappa shape index (κ3) is 3.69. The molecule has 4 nitrogen and oxygen atoms in total. The third-order valence-electron chi connectivity index (χ3n) is 3.30. The van der Waals surface area contributed by atoms with Crippen molar-refractivity contribution in [2.75, 3.05) is 7.11 Å². The van der Waals surface area contributed by atoms with Gasteiger partial charge >= 0.3 is 5.97 Å². The van der Waals surface area contributed by atoms with Crippen LogP contribution in [-0.2, 0) is 4.79 Å². The second kappa shape index (κ2) is 6.70.